The fourth-order valence-electron chi connectivity index (χ4n) is 0.242. The van der Waals surface area contributed by atoms with Crippen LogP contribution in [0, 0.1) is 18.9 Å². The highest BCUT2D eigenvalue weighted by atomic mass is 16.5. The van der Waals surface area contributed by atoms with Crippen LogP contribution in [0.15, 0.2) is 0 Å². The predicted octanol–water partition coefficient (Wildman–Crippen LogP) is 1.57. The topological polar surface area (TPSA) is 26.3 Å². The summed E-state index contributed by atoms with van der Waals surface area (Å²) in [5.41, 5.74) is -0.286. The van der Waals surface area contributed by atoms with Gasteiger partial charge in [0.1, 0.15) is 6.61 Å². The largest absolute Gasteiger partial charge is 0.458 e. The minimum Gasteiger partial charge on any atom is -0.458 e. The molecule has 0 aliphatic heterocycles. The van der Waals surface area contributed by atoms with Gasteiger partial charge >= 0.3 is 5.97 Å². The summed E-state index contributed by atoms with van der Waals surface area (Å²) in [6, 6.07) is 0. The monoisotopic (exact) mass is 128 g/mol. The van der Waals surface area contributed by atoms with Gasteiger partial charge < -0.3 is 4.74 Å². The molecule has 2 nitrogen and oxygen atoms in total. The molecule has 0 saturated heterocycles. The van der Waals surface area contributed by atoms with E-state index in [0.717, 1.165) is 0 Å². The van der Waals surface area contributed by atoms with Crippen molar-refractivity contribution < 1.29 is 9.53 Å². The van der Waals surface area contributed by atoms with Crippen LogP contribution in [-0.4, -0.2) is 5.97 Å². The Morgan fingerprint density at radius 2 is 2.11 bits per heavy atom. The summed E-state index contributed by atoms with van der Waals surface area (Å²) in [5.74, 6) is -0.299. The molecule has 0 saturated carbocycles. The number of ether oxygens (including phenoxy) is 1. The van der Waals surface area contributed by atoms with Crippen molar-refractivity contribution in [3.63, 3.8) is 0 Å². The Morgan fingerprint density at radius 3 is 2.22 bits per heavy atom. The van der Waals surface area contributed by atoms with Gasteiger partial charge in [-0.3, -0.25) is 4.79 Å². The number of esters is 1. The molecular formula is C7H12O2. The van der Waals surface area contributed by atoms with Crippen LogP contribution in [-0.2, 0) is 9.53 Å². The van der Waals surface area contributed by atoms with E-state index in [1.807, 2.05) is 13.8 Å². The molecule has 0 heterocycles. The molecular weight excluding hydrogens is 116 g/mol. The molecule has 2 radical (unpaired) electrons. The van der Waals surface area contributed by atoms with Crippen LogP contribution in [0.4, 0.5) is 0 Å². The third kappa shape index (κ3) is 7.47. The number of rotatable bonds is 2. The van der Waals surface area contributed by atoms with Crippen molar-refractivity contribution in [3.05, 3.63) is 13.5 Å². The second-order valence-corrected chi connectivity index (χ2v) is 2.72. The summed E-state index contributed by atoms with van der Waals surface area (Å²) in [6.07, 6.45) is 0. The highest BCUT2D eigenvalue weighted by Gasteiger charge is 2.12. The smallest absolute Gasteiger partial charge is 0.303 e. The van der Waals surface area contributed by atoms with Crippen molar-refractivity contribution in [1.29, 1.82) is 0 Å². The molecule has 0 aliphatic rings. The van der Waals surface area contributed by atoms with Gasteiger partial charge in [0.25, 0.3) is 0 Å². The van der Waals surface area contributed by atoms with E-state index >= 15 is 0 Å². The first-order valence-electron chi connectivity index (χ1n) is 2.79. The third-order valence-electron chi connectivity index (χ3n) is 0.544. The molecule has 0 N–H and O–H groups in total. The van der Waals surface area contributed by atoms with Gasteiger partial charge in [0, 0.05) is 12.3 Å². The van der Waals surface area contributed by atoms with Gasteiger partial charge in [0.2, 0.25) is 0 Å². The molecule has 0 unspecified atom stereocenters. The van der Waals surface area contributed by atoms with Gasteiger partial charge in [-0.2, -0.15) is 0 Å². The van der Waals surface area contributed by atoms with Crippen molar-refractivity contribution in [2.45, 2.75) is 20.8 Å². The zero-order chi connectivity index (χ0) is 7.49. The summed E-state index contributed by atoms with van der Waals surface area (Å²) >= 11 is 0. The van der Waals surface area contributed by atoms with Crippen LogP contribution >= 0.6 is 0 Å². The van der Waals surface area contributed by atoms with Gasteiger partial charge in [0.15, 0.2) is 0 Å². The lowest BCUT2D eigenvalue weighted by molar-refractivity contribution is -0.138. The standard InChI is InChI=1S/C7H12O2/c1-6(8)9-5-7(2,3)4/h5H,2H2,1,3-4H3. The summed E-state index contributed by atoms with van der Waals surface area (Å²) < 4.78 is 4.58. The zero-order valence-corrected chi connectivity index (χ0v) is 6.10. The van der Waals surface area contributed by atoms with Crippen molar-refractivity contribution in [3.8, 4) is 0 Å². The molecule has 0 amide bonds. The van der Waals surface area contributed by atoms with Crippen molar-refractivity contribution >= 4 is 5.97 Å². The zero-order valence-electron chi connectivity index (χ0n) is 6.10. The van der Waals surface area contributed by atoms with Crippen LogP contribution in [0.25, 0.3) is 0 Å². The molecule has 2 heteroatoms. The van der Waals surface area contributed by atoms with Crippen LogP contribution < -0.4 is 0 Å². The van der Waals surface area contributed by atoms with Gasteiger partial charge in [0.05, 0.1) is 0 Å². The molecule has 9 heavy (non-hydrogen) atoms. The first kappa shape index (κ1) is 8.47. The highest BCUT2D eigenvalue weighted by Crippen LogP contribution is 2.16. The Labute approximate surface area is 56.2 Å². The normalized spacial score (nSPS) is 11.1. The Bertz CT molecular complexity index is 100.0. The molecule has 0 aromatic carbocycles. The Kier molecular flexibility index (Phi) is 2.68. The number of carbonyl (C=O) groups is 1. The molecule has 52 valence electrons. The fourth-order valence-corrected chi connectivity index (χ4v) is 0.242. The second kappa shape index (κ2) is 2.85. The molecule has 0 aromatic heterocycles. The van der Waals surface area contributed by atoms with E-state index in [0.29, 0.717) is 0 Å². The lowest BCUT2D eigenvalue weighted by atomic mass is 9.99. The number of hydrogen-bond acceptors (Lipinski definition) is 2. The van der Waals surface area contributed by atoms with Crippen molar-refractivity contribution in [2.24, 2.45) is 5.41 Å². The van der Waals surface area contributed by atoms with E-state index in [1.54, 1.807) is 0 Å². The van der Waals surface area contributed by atoms with Crippen LogP contribution in [0.5, 0.6) is 0 Å². The van der Waals surface area contributed by atoms with E-state index in [1.165, 1.54) is 13.5 Å². The van der Waals surface area contributed by atoms with E-state index in [4.69, 9.17) is 0 Å². The third-order valence-corrected chi connectivity index (χ3v) is 0.544. The highest BCUT2D eigenvalue weighted by molar-refractivity contribution is 5.66. The maximum atomic E-state index is 10.2. The van der Waals surface area contributed by atoms with Gasteiger partial charge in [-0.25, -0.2) is 0 Å². The first-order valence-corrected chi connectivity index (χ1v) is 2.79. The van der Waals surface area contributed by atoms with Crippen molar-refractivity contribution in [1.82, 2.24) is 0 Å². The molecule has 0 aliphatic carbocycles. The van der Waals surface area contributed by atoms with Crippen LogP contribution in [0.1, 0.15) is 20.8 Å². The van der Waals surface area contributed by atoms with E-state index < -0.39 is 0 Å². The maximum absolute atomic E-state index is 10.2. The molecule has 0 bridgehead atoms. The van der Waals surface area contributed by atoms with Gasteiger partial charge in [-0.05, 0) is 6.92 Å². The predicted molar refractivity (Wildman–Crippen MR) is 35.2 cm³/mol. The first-order chi connectivity index (χ1) is 3.92. The molecule has 0 aromatic rings. The Morgan fingerprint density at radius 1 is 1.67 bits per heavy atom. The lowest BCUT2D eigenvalue weighted by Gasteiger charge is -2.15. The summed E-state index contributed by atoms with van der Waals surface area (Å²) in [7, 11) is 0. The average Bonchev–Trinajstić information content (AvgIpc) is 1.59. The Hall–Kier alpha value is -0.530. The summed E-state index contributed by atoms with van der Waals surface area (Å²) in [4.78, 5) is 10.2. The molecule has 0 atom stereocenters. The lowest BCUT2D eigenvalue weighted by Crippen LogP contribution is -2.10. The molecule has 0 spiro atoms. The SMILES string of the molecule is [CH2]C(C)(C)[CH]OC(C)=O. The van der Waals surface area contributed by atoms with Gasteiger partial charge in [-0.1, -0.05) is 13.8 Å². The summed E-state index contributed by atoms with van der Waals surface area (Å²) in [6.45, 7) is 10.2. The summed E-state index contributed by atoms with van der Waals surface area (Å²) in [5, 5.41) is 0. The van der Waals surface area contributed by atoms with E-state index in [9.17, 15) is 4.79 Å². The van der Waals surface area contributed by atoms with Crippen LogP contribution in [0.2, 0.25) is 0 Å². The van der Waals surface area contributed by atoms with Gasteiger partial charge in [-0.15, -0.1) is 0 Å². The quantitative estimate of drug-likeness (QED) is 0.528. The van der Waals surface area contributed by atoms with Crippen LogP contribution in [0.3, 0.4) is 0 Å². The Balaban J connectivity index is 3.39. The van der Waals surface area contributed by atoms with Crippen molar-refractivity contribution in [2.75, 3.05) is 0 Å². The minimum atomic E-state index is -0.299. The van der Waals surface area contributed by atoms with E-state index in [-0.39, 0.29) is 11.4 Å². The fraction of sp³-hybridized carbons (Fsp3) is 0.571. The molecule has 0 fully saturated rings. The second-order valence-electron chi connectivity index (χ2n) is 2.72. The molecule has 0 rings (SSSR count). The average molecular weight is 128 g/mol. The number of carbonyl (C=O) groups excluding carboxylic acids is 1. The minimum absolute atomic E-state index is 0.286. The van der Waals surface area contributed by atoms with E-state index in [2.05, 4.69) is 11.7 Å². The number of hydrogen-bond donors (Lipinski definition) is 0. The maximum Gasteiger partial charge on any atom is 0.303 e.